The molecule has 0 saturated carbocycles. The van der Waals surface area contributed by atoms with Crippen molar-refractivity contribution in [2.45, 2.75) is 103 Å². The van der Waals surface area contributed by atoms with E-state index >= 15 is 0 Å². The van der Waals surface area contributed by atoms with Crippen LogP contribution in [0.25, 0.3) is 11.4 Å². The highest BCUT2D eigenvalue weighted by Crippen LogP contribution is 2.24. The fourth-order valence-corrected chi connectivity index (χ4v) is 3.78. The smallest absolute Gasteiger partial charge is 0.165 e. The molecule has 0 aliphatic rings. The van der Waals surface area contributed by atoms with E-state index < -0.39 is 12.0 Å². The van der Waals surface area contributed by atoms with E-state index in [-0.39, 0.29) is 18.8 Å². The van der Waals surface area contributed by atoms with Crippen molar-refractivity contribution in [3.63, 3.8) is 0 Å². The van der Waals surface area contributed by atoms with Gasteiger partial charge in [0.2, 0.25) is 0 Å². The Bertz CT molecular complexity index is 752. The molecule has 1 unspecified atom stereocenters. The molecular formula is C27H40F2N2O. The monoisotopic (exact) mass is 446 g/mol. The lowest BCUT2D eigenvalue weighted by atomic mass is 10.1. The van der Waals surface area contributed by atoms with Crippen LogP contribution in [-0.4, -0.2) is 22.7 Å². The number of unbranched alkanes of at least 4 members (excludes halogenated alkanes) is 8. The van der Waals surface area contributed by atoms with Crippen molar-refractivity contribution in [2.75, 3.05) is 6.61 Å². The van der Waals surface area contributed by atoms with Gasteiger partial charge in [-0.15, -0.1) is 0 Å². The molecule has 0 amide bonds. The van der Waals surface area contributed by atoms with E-state index in [0.29, 0.717) is 17.8 Å². The Kier molecular flexibility index (Phi) is 12.9. The molecule has 0 aliphatic carbocycles. The molecule has 0 aliphatic heterocycles. The Balaban J connectivity index is 1.72. The van der Waals surface area contributed by atoms with Crippen LogP contribution < -0.4 is 4.74 Å². The molecule has 0 N–H and O–H groups in total. The highest BCUT2D eigenvalue weighted by molar-refractivity contribution is 5.56. The molecule has 1 aromatic heterocycles. The zero-order valence-electron chi connectivity index (χ0n) is 19.9. The van der Waals surface area contributed by atoms with Gasteiger partial charge >= 0.3 is 0 Å². The Morgan fingerprint density at radius 2 is 1.50 bits per heavy atom. The van der Waals surface area contributed by atoms with Gasteiger partial charge in [0.25, 0.3) is 0 Å². The van der Waals surface area contributed by atoms with Crippen molar-refractivity contribution in [3.8, 4) is 17.1 Å². The summed E-state index contributed by atoms with van der Waals surface area (Å²) in [5.41, 5.74) is 1.73. The number of halogens is 2. The molecule has 1 aromatic carbocycles. The Morgan fingerprint density at radius 1 is 0.844 bits per heavy atom. The molecule has 2 aromatic rings. The number of alkyl halides is 1. The third kappa shape index (κ3) is 10.1. The van der Waals surface area contributed by atoms with Crippen molar-refractivity contribution in [1.82, 2.24) is 9.97 Å². The Labute approximate surface area is 193 Å². The first-order chi connectivity index (χ1) is 15.6. The molecule has 3 nitrogen and oxygen atoms in total. The summed E-state index contributed by atoms with van der Waals surface area (Å²) in [4.78, 5) is 8.83. The van der Waals surface area contributed by atoms with E-state index in [2.05, 4.69) is 16.9 Å². The molecule has 178 valence electrons. The van der Waals surface area contributed by atoms with Gasteiger partial charge < -0.3 is 4.74 Å². The summed E-state index contributed by atoms with van der Waals surface area (Å²) >= 11 is 0. The number of ether oxygens (including phenoxy) is 1. The predicted molar refractivity (Wildman–Crippen MR) is 128 cm³/mol. The molecule has 2 rings (SSSR count). The van der Waals surface area contributed by atoms with Crippen LogP contribution in [0.1, 0.15) is 96.5 Å². The first kappa shape index (κ1) is 26.2. The van der Waals surface area contributed by atoms with E-state index in [4.69, 9.17) is 4.74 Å². The molecule has 32 heavy (non-hydrogen) atoms. The lowest BCUT2D eigenvalue weighted by Gasteiger charge is -2.10. The maximum atomic E-state index is 14.4. The lowest BCUT2D eigenvalue weighted by molar-refractivity contribution is 0.220. The van der Waals surface area contributed by atoms with Gasteiger partial charge in [0.05, 0.1) is 6.61 Å². The zero-order chi connectivity index (χ0) is 23.0. The average Bonchev–Trinajstić information content (AvgIpc) is 2.79. The number of hydrogen-bond acceptors (Lipinski definition) is 3. The first-order valence-electron chi connectivity index (χ1n) is 12.5. The number of nitrogens with zero attached hydrogens (tertiary/aromatic N) is 2. The summed E-state index contributed by atoms with van der Waals surface area (Å²) in [7, 11) is 0. The largest absolute Gasteiger partial charge is 0.490 e. The SMILES string of the molecule is CCCCCCCCCCCc1cnc(-c2ccc(OCCC(F)CCC)c(F)c2)nc1. The summed E-state index contributed by atoms with van der Waals surface area (Å²) in [6.45, 7) is 4.36. The molecule has 0 radical (unpaired) electrons. The van der Waals surface area contributed by atoms with Gasteiger partial charge in [0.1, 0.15) is 6.17 Å². The molecule has 0 saturated heterocycles. The zero-order valence-corrected chi connectivity index (χ0v) is 19.9. The molecule has 5 heteroatoms. The third-order valence-electron chi connectivity index (χ3n) is 5.75. The van der Waals surface area contributed by atoms with E-state index in [1.54, 1.807) is 12.1 Å². The summed E-state index contributed by atoms with van der Waals surface area (Å²) in [5.74, 6) is 0.160. The average molecular weight is 447 g/mol. The van der Waals surface area contributed by atoms with Crippen molar-refractivity contribution in [1.29, 1.82) is 0 Å². The van der Waals surface area contributed by atoms with E-state index in [0.717, 1.165) is 24.8 Å². The van der Waals surface area contributed by atoms with Crippen LogP contribution in [0.3, 0.4) is 0 Å². The van der Waals surface area contributed by atoms with Gasteiger partial charge in [-0.25, -0.2) is 18.7 Å². The number of hydrogen-bond donors (Lipinski definition) is 0. The van der Waals surface area contributed by atoms with Gasteiger partial charge in [-0.1, -0.05) is 71.6 Å². The standard InChI is InChI=1S/C27H40F2N2O/c1-3-5-6-7-8-9-10-11-12-14-22-20-30-27(31-21-22)23-15-16-26(25(29)19-23)32-18-17-24(28)13-4-2/h15-16,19-21,24H,3-14,17-18H2,1-2H3. The summed E-state index contributed by atoms with van der Waals surface area (Å²) in [5, 5.41) is 0. The minimum Gasteiger partial charge on any atom is -0.490 e. The molecule has 0 bridgehead atoms. The number of aromatic nitrogens is 2. The minimum absolute atomic E-state index is 0.138. The first-order valence-corrected chi connectivity index (χ1v) is 12.5. The molecular weight excluding hydrogens is 406 g/mol. The highest BCUT2D eigenvalue weighted by Gasteiger charge is 2.10. The predicted octanol–water partition coefficient (Wildman–Crippen LogP) is 8.26. The van der Waals surface area contributed by atoms with Crippen LogP contribution in [0, 0.1) is 5.82 Å². The minimum atomic E-state index is -0.898. The van der Waals surface area contributed by atoms with Crippen LogP contribution in [0.5, 0.6) is 5.75 Å². The second-order valence-corrected chi connectivity index (χ2v) is 8.66. The molecule has 1 atom stereocenters. The fraction of sp³-hybridized carbons (Fsp3) is 0.630. The fourth-order valence-electron chi connectivity index (χ4n) is 3.78. The van der Waals surface area contributed by atoms with Crippen molar-refractivity contribution in [2.24, 2.45) is 0 Å². The van der Waals surface area contributed by atoms with E-state index in [1.807, 2.05) is 19.3 Å². The lowest BCUT2D eigenvalue weighted by Crippen LogP contribution is -2.08. The molecule has 0 spiro atoms. The van der Waals surface area contributed by atoms with Gasteiger partial charge in [-0.3, -0.25) is 0 Å². The molecule has 0 fully saturated rings. The highest BCUT2D eigenvalue weighted by atomic mass is 19.1. The third-order valence-corrected chi connectivity index (χ3v) is 5.75. The Morgan fingerprint density at radius 3 is 2.12 bits per heavy atom. The summed E-state index contributed by atoms with van der Waals surface area (Å²) in [6, 6.07) is 4.69. The topological polar surface area (TPSA) is 35.0 Å². The van der Waals surface area contributed by atoms with Crippen molar-refractivity contribution in [3.05, 3.63) is 42.0 Å². The van der Waals surface area contributed by atoms with E-state index in [9.17, 15) is 8.78 Å². The second-order valence-electron chi connectivity index (χ2n) is 8.66. The van der Waals surface area contributed by atoms with Crippen molar-refractivity contribution < 1.29 is 13.5 Å². The van der Waals surface area contributed by atoms with Gasteiger partial charge in [-0.2, -0.15) is 0 Å². The maximum Gasteiger partial charge on any atom is 0.165 e. The van der Waals surface area contributed by atoms with Crippen LogP contribution in [-0.2, 0) is 6.42 Å². The van der Waals surface area contributed by atoms with Crippen LogP contribution in [0.4, 0.5) is 8.78 Å². The number of rotatable bonds is 17. The summed E-state index contributed by atoms with van der Waals surface area (Å²) in [6.07, 6.45) is 17.1. The van der Waals surface area contributed by atoms with Crippen LogP contribution in [0.15, 0.2) is 30.6 Å². The van der Waals surface area contributed by atoms with Crippen molar-refractivity contribution >= 4 is 0 Å². The second kappa shape index (κ2) is 15.7. The van der Waals surface area contributed by atoms with E-state index in [1.165, 1.54) is 57.4 Å². The van der Waals surface area contributed by atoms with Crippen LogP contribution in [0.2, 0.25) is 0 Å². The van der Waals surface area contributed by atoms with Crippen LogP contribution >= 0.6 is 0 Å². The Hall–Kier alpha value is -2.04. The summed E-state index contributed by atoms with van der Waals surface area (Å²) < 4.78 is 33.3. The van der Waals surface area contributed by atoms with Gasteiger partial charge in [-0.05, 0) is 43.0 Å². The maximum absolute atomic E-state index is 14.4. The van der Waals surface area contributed by atoms with Gasteiger partial charge in [0.15, 0.2) is 17.4 Å². The number of benzene rings is 1. The van der Waals surface area contributed by atoms with Gasteiger partial charge in [0, 0.05) is 24.4 Å². The number of aryl methyl sites for hydroxylation is 1. The molecule has 1 heterocycles. The normalized spacial score (nSPS) is 12.1. The quantitative estimate of drug-likeness (QED) is 0.229.